The van der Waals surface area contributed by atoms with E-state index in [0.29, 0.717) is 12.1 Å². The van der Waals surface area contributed by atoms with Gasteiger partial charge in [-0.25, -0.2) is 0 Å². The summed E-state index contributed by atoms with van der Waals surface area (Å²) in [4.78, 5) is 0. The molecule has 0 spiro atoms. The lowest BCUT2D eigenvalue weighted by atomic mass is 9.98. The number of nitrogens with two attached hydrogens (primary N) is 1. The van der Waals surface area contributed by atoms with Gasteiger partial charge in [0.05, 0.1) is 6.10 Å². The molecule has 2 N–H and O–H groups in total. The predicted octanol–water partition coefficient (Wildman–Crippen LogP) is 2.85. The summed E-state index contributed by atoms with van der Waals surface area (Å²) in [5.41, 5.74) is 5.99. The van der Waals surface area contributed by atoms with Crippen LogP contribution < -0.4 is 5.73 Å². The summed E-state index contributed by atoms with van der Waals surface area (Å²) < 4.78 is 5.67. The van der Waals surface area contributed by atoms with E-state index in [1.165, 1.54) is 38.5 Å². The van der Waals surface area contributed by atoms with Crippen molar-refractivity contribution in [1.29, 1.82) is 0 Å². The second-order valence-corrected chi connectivity index (χ2v) is 4.42. The number of hydrogen-bond acceptors (Lipinski definition) is 2. The Hall–Kier alpha value is -0.0800. The van der Waals surface area contributed by atoms with Crippen LogP contribution in [0, 0.1) is 0 Å². The van der Waals surface area contributed by atoms with Crippen molar-refractivity contribution in [3.05, 3.63) is 0 Å². The van der Waals surface area contributed by atoms with Crippen LogP contribution >= 0.6 is 0 Å². The highest BCUT2D eigenvalue weighted by molar-refractivity contribution is 4.77. The molecular formula is C12H25NO. The minimum atomic E-state index is 0.301. The number of hydrogen-bond donors (Lipinski definition) is 1. The van der Waals surface area contributed by atoms with Gasteiger partial charge in [-0.05, 0) is 19.3 Å². The highest BCUT2D eigenvalue weighted by atomic mass is 16.5. The molecule has 0 aromatic rings. The first-order chi connectivity index (χ1) is 6.84. The molecule has 2 nitrogen and oxygen atoms in total. The molecule has 1 saturated heterocycles. The van der Waals surface area contributed by atoms with Gasteiger partial charge in [-0.3, -0.25) is 0 Å². The van der Waals surface area contributed by atoms with Crippen LogP contribution in [0.15, 0.2) is 0 Å². The Balaban J connectivity index is 1.99. The lowest BCUT2D eigenvalue weighted by Crippen LogP contribution is -2.40. The van der Waals surface area contributed by atoms with Gasteiger partial charge in [-0.15, -0.1) is 0 Å². The largest absolute Gasteiger partial charge is 0.377 e. The first-order valence-corrected chi connectivity index (χ1v) is 6.21. The molecule has 0 aliphatic carbocycles. The van der Waals surface area contributed by atoms with Crippen molar-refractivity contribution < 1.29 is 4.74 Å². The highest BCUT2D eigenvalue weighted by Crippen LogP contribution is 2.18. The minimum absolute atomic E-state index is 0.301. The van der Waals surface area contributed by atoms with E-state index in [1.807, 2.05) is 0 Å². The summed E-state index contributed by atoms with van der Waals surface area (Å²) in [5, 5.41) is 0. The summed E-state index contributed by atoms with van der Waals surface area (Å²) in [6.07, 6.45) is 10.5. The van der Waals surface area contributed by atoms with E-state index < -0.39 is 0 Å². The maximum absolute atomic E-state index is 5.99. The lowest BCUT2D eigenvalue weighted by molar-refractivity contribution is -0.00447. The van der Waals surface area contributed by atoms with Crippen LogP contribution in [0.5, 0.6) is 0 Å². The average molecular weight is 199 g/mol. The molecule has 84 valence electrons. The third kappa shape index (κ3) is 4.43. The van der Waals surface area contributed by atoms with Gasteiger partial charge in [0.2, 0.25) is 0 Å². The normalized spacial score (nSPS) is 27.9. The standard InChI is InChI=1S/C12H25NO/c1-2-3-4-5-6-9-12-11(13)8-7-10-14-12/h11-12H,2-10,13H2,1H3. The summed E-state index contributed by atoms with van der Waals surface area (Å²) in [7, 11) is 0. The topological polar surface area (TPSA) is 35.2 Å². The zero-order valence-corrected chi connectivity index (χ0v) is 9.50. The van der Waals surface area contributed by atoms with Crippen LogP contribution in [-0.2, 0) is 4.74 Å². The Morgan fingerprint density at radius 3 is 2.71 bits per heavy atom. The molecule has 1 aliphatic rings. The molecule has 0 amide bonds. The Labute approximate surface area is 88.2 Å². The van der Waals surface area contributed by atoms with Gasteiger partial charge >= 0.3 is 0 Å². The minimum Gasteiger partial charge on any atom is -0.377 e. The van der Waals surface area contributed by atoms with E-state index in [4.69, 9.17) is 10.5 Å². The molecule has 0 aromatic heterocycles. The predicted molar refractivity (Wildman–Crippen MR) is 60.3 cm³/mol. The zero-order valence-electron chi connectivity index (χ0n) is 9.50. The lowest BCUT2D eigenvalue weighted by Gasteiger charge is -2.28. The monoisotopic (exact) mass is 199 g/mol. The molecule has 14 heavy (non-hydrogen) atoms. The molecule has 0 aromatic carbocycles. The second kappa shape index (κ2) is 7.24. The number of ether oxygens (including phenoxy) is 1. The summed E-state index contributed by atoms with van der Waals surface area (Å²) in [6.45, 7) is 3.17. The Kier molecular flexibility index (Phi) is 6.20. The van der Waals surface area contributed by atoms with E-state index in [1.54, 1.807) is 0 Å². The van der Waals surface area contributed by atoms with Gasteiger partial charge in [-0.1, -0.05) is 39.0 Å². The molecule has 1 fully saturated rings. The molecule has 1 heterocycles. The van der Waals surface area contributed by atoms with Crippen LogP contribution in [-0.4, -0.2) is 18.8 Å². The van der Waals surface area contributed by atoms with E-state index in [-0.39, 0.29) is 0 Å². The number of unbranched alkanes of at least 4 members (excludes halogenated alkanes) is 4. The second-order valence-electron chi connectivity index (χ2n) is 4.42. The van der Waals surface area contributed by atoms with Gasteiger partial charge in [0.1, 0.15) is 0 Å². The van der Waals surface area contributed by atoms with Crippen LogP contribution in [0.25, 0.3) is 0 Å². The van der Waals surface area contributed by atoms with Crippen molar-refractivity contribution in [2.75, 3.05) is 6.61 Å². The van der Waals surface area contributed by atoms with E-state index >= 15 is 0 Å². The smallest absolute Gasteiger partial charge is 0.0725 e. The van der Waals surface area contributed by atoms with Gasteiger partial charge in [0.25, 0.3) is 0 Å². The Morgan fingerprint density at radius 2 is 2.00 bits per heavy atom. The fourth-order valence-electron chi connectivity index (χ4n) is 2.11. The van der Waals surface area contributed by atoms with Gasteiger partial charge in [0.15, 0.2) is 0 Å². The van der Waals surface area contributed by atoms with Crippen molar-refractivity contribution in [2.45, 2.75) is 70.4 Å². The van der Waals surface area contributed by atoms with E-state index in [2.05, 4.69) is 6.92 Å². The maximum Gasteiger partial charge on any atom is 0.0725 e. The maximum atomic E-state index is 5.99. The van der Waals surface area contributed by atoms with E-state index in [0.717, 1.165) is 19.4 Å². The van der Waals surface area contributed by atoms with Crippen molar-refractivity contribution in [1.82, 2.24) is 0 Å². The Bertz CT molecular complexity index is 138. The quantitative estimate of drug-likeness (QED) is 0.668. The third-order valence-electron chi connectivity index (χ3n) is 3.08. The first-order valence-electron chi connectivity index (χ1n) is 6.21. The van der Waals surface area contributed by atoms with Crippen molar-refractivity contribution >= 4 is 0 Å². The van der Waals surface area contributed by atoms with Crippen LogP contribution in [0.4, 0.5) is 0 Å². The molecule has 0 bridgehead atoms. The SMILES string of the molecule is CCCCCCCC1OCCCC1N. The van der Waals surface area contributed by atoms with Gasteiger partial charge < -0.3 is 10.5 Å². The average Bonchev–Trinajstić information content (AvgIpc) is 2.20. The number of rotatable bonds is 6. The third-order valence-corrected chi connectivity index (χ3v) is 3.08. The van der Waals surface area contributed by atoms with Crippen LogP contribution in [0.3, 0.4) is 0 Å². The molecule has 1 rings (SSSR count). The van der Waals surface area contributed by atoms with Gasteiger partial charge in [0, 0.05) is 12.6 Å². The summed E-state index contributed by atoms with van der Waals surface area (Å²) in [6, 6.07) is 0.301. The molecule has 0 radical (unpaired) electrons. The van der Waals surface area contributed by atoms with Gasteiger partial charge in [-0.2, -0.15) is 0 Å². The summed E-state index contributed by atoms with van der Waals surface area (Å²) in [5.74, 6) is 0. The molecular weight excluding hydrogens is 174 g/mol. The molecule has 0 saturated carbocycles. The highest BCUT2D eigenvalue weighted by Gasteiger charge is 2.21. The van der Waals surface area contributed by atoms with Crippen LogP contribution in [0.1, 0.15) is 58.3 Å². The molecule has 2 atom stereocenters. The van der Waals surface area contributed by atoms with Crippen LogP contribution in [0.2, 0.25) is 0 Å². The Morgan fingerprint density at radius 1 is 1.21 bits per heavy atom. The molecule has 2 unspecified atom stereocenters. The molecule has 1 aliphatic heterocycles. The molecule has 2 heteroatoms. The first kappa shape index (κ1) is 12.0. The fraction of sp³-hybridized carbons (Fsp3) is 1.00. The van der Waals surface area contributed by atoms with E-state index in [9.17, 15) is 0 Å². The van der Waals surface area contributed by atoms with Crippen molar-refractivity contribution in [3.8, 4) is 0 Å². The summed E-state index contributed by atoms with van der Waals surface area (Å²) >= 11 is 0. The zero-order chi connectivity index (χ0) is 10.2. The van der Waals surface area contributed by atoms with Crippen molar-refractivity contribution in [3.63, 3.8) is 0 Å². The van der Waals surface area contributed by atoms with Crippen molar-refractivity contribution in [2.24, 2.45) is 5.73 Å². The fourth-order valence-corrected chi connectivity index (χ4v) is 2.11.